The first-order valence-corrected chi connectivity index (χ1v) is 7.36. The third-order valence-corrected chi connectivity index (χ3v) is 4.33. The van der Waals surface area contributed by atoms with Crippen molar-refractivity contribution in [2.45, 2.75) is 52.5 Å². The van der Waals surface area contributed by atoms with Crippen LogP contribution in [0.4, 0.5) is 0 Å². The Hall–Kier alpha value is -1.85. The number of carbonyl (C=O) groups is 2. The van der Waals surface area contributed by atoms with Crippen LogP contribution in [0.25, 0.3) is 0 Å². The van der Waals surface area contributed by atoms with Crippen molar-refractivity contribution < 1.29 is 19.2 Å². The maximum atomic E-state index is 12.3. The Morgan fingerprint density at radius 3 is 2.29 bits per heavy atom. The third kappa shape index (κ3) is 3.43. The summed E-state index contributed by atoms with van der Waals surface area (Å²) in [5, 5.41) is 15.9. The number of carboxylic acid groups (broad SMARTS) is 1. The van der Waals surface area contributed by atoms with Crippen molar-refractivity contribution in [3.05, 3.63) is 17.0 Å². The zero-order valence-electron chi connectivity index (χ0n) is 12.7. The van der Waals surface area contributed by atoms with Gasteiger partial charge in [-0.2, -0.15) is 0 Å². The monoisotopic (exact) mass is 294 g/mol. The molecule has 0 aromatic carbocycles. The first kappa shape index (κ1) is 15.5. The third-order valence-electron chi connectivity index (χ3n) is 4.33. The van der Waals surface area contributed by atoms with Gasteiger partial charge >= 0.3 is 5.97 Å². The fraction of sp³-hybridized carbons (Fsp3) is 0.667. The first-order chi connectivity index (χ1) is 9.90. The number of nitrogens with one attached hydrogen (secondary N) is 1. The molecule has 0 bridgehead atoms. The highest BCUT2D eigenvalue weighted by atomic mass is 16.5. The number of nitrogens with zero attached hydrogens (tertiary/aromatic N) is 1. The van der Waals surface area contributed by atoms with E-state index in [1.807, 2.05) is 20.8 Å². The highest BCUT2D eigenvalue weighted by Crippen LogP contribution is 2.30. The van der Waals surface area contributed by atoms with Gasteiger partial charge in [0.25, 0.3) is 0 Å². The topological polar surface area (TPSA) is 92.4 Å². The lowest BCUT2D eigenvalue weighted by Crippen LogP contribution is -2.36. The van der Waals surface area contributed by atoms with Crippen molar-refractivity contribution in [3.63, 3.8) is 0 Å². The number of carboxylic acids is 1. The molecule has 0 aliphatic heterocycles. The molecule has 6 heteroatoms. The quantitative estimate of drug-likeness (QED) is 0.889. The van der Waals surface area contributed by atoms with Gasteiger partial charge in [0.1, 0.15) is 5.76 Å². The summed E-state index contributed by atoms with van der Waals surface area (Å²) in [5.74, 6) is -0.434. The Morgan fingerprint density at radius 2 is 1.81 bits per heavy atom. The molecule has 1 amide bonds. The van der Waals surface area contributed by atoms with Crippen molar-refractivity contribution in [1.29, 1.82) is 0 Å². The number of carbonyl (C=O) groups excluding carboxylic acids is 1. The van der Waals surface area contributed by atoms with E-state index in [4.69, 9.17) is 9.63 Å². The predicted octanol–water partition coefficient (Wildman–Crippen LogP) is 2.36. The number of amides is 1. The molecule has 1 aromatic rings. The van der Waals surface area contributed by atoms with Gasteiger partial charge in [0.2, 0.25) is 5.91 Å². The molecule has 0 radical (unpaired) electrons. The zero-order valence-corrected chi connectivity index (χ0v) is 12.7. The Balaban J connectivity index is 1.92. The summed E-state index contributed by atoms with van der Waals surface area (Å²) in [7, 11) is 0. The molecule has 6 nitrogen and oxygen atoms in total. The van der Waals surface area contributed by atoms with Gasteiger partial charge in [-0.25, -0.2) is 0 Å². The van der Waals surface area contributed by atoms with Crippen molar-refractivity contribution in [1.82, 2.24) is 10.5 Å². The Labute approximate surface area is 123 Å². The maximum absolute atomic E-state index is 12.3. The summed E-state index contributed by atoms with van der Waals surface area (Å²) in [6.45, 7) is 5.59. The van der Waals surface area contributed by atoms with Gasteiger partial charge in [-0.15, -0.1) is 0 Å². The van der Waals surface area contributed by atoms with Gasteiger partial charge in [0.05, 0.1) is 17.7 Å². The van der Waals surface area contributed by atoms with Gasteiger partial charge in [0, 0.05) is 11.5 Å². The molecular weight excluding hydrogens is 272 g/mol. The molecule has 1 aliphatic rings. The smallest absolute Gasteiger partial charge is 0.306 e. The Bertz CT molecular complexity index is 510. The minimum atomic E-state index is -0.752. The number of rotatable bonds is 4. The Morgan fingerprint density at radius 1 is 1.24 bits per heavy atom. The number of aliphatic carboxylic acids is 1. The Kier molecular flexibility index (Phi) is 4.65. The second kappa shape index (κ2) is 6.28. The summed E-state index contributed by atoms with van der Waals surface area (Å²) in [6.07, 6.45) is 2.43. The van der Waals surface area contributed by atoms with Gasteiger partial charge in [-0.05, 0) is 46.5 Å². The molecule has 1 fully saturated rings. The average Bonchev–Trinajstić information content (AvgIpc) is 2.78. The van der Waals surface area contributed by atoms with Crippen LogP contribution < -0.4 is 5.32 Å². The van der Waals surface area contributed by atoms with Gasteiger partial charge in [-0.3, -0.25) is 9.59 Å². The van der Waals surface area contributed by atoms with Gasteiger partial charge < -0.3 is 14.9 Å². The summed E-state index contributed by atoms with van der Waals surface area (Å²) < 4.78 is 5.12. The van der Waals surface area contributed by atoms with Crippen LogP contribution in [-0.4, -0.2) is 22.1 Å². The van der Waals surface area contributed by atoms with E-state index in [2.05, 4.69) is 10.5 Å². The lowest BCUT2D eigenvalue weighted by molar-refractivity contribution is -0.144. The second-order valence-electron chi connectivity index (χ2n) is 5.85. The lowest BCUT2D eigenvalue weighted by atomic mass is 9.81. The van der Waals surface area contributed by atoms with Crippen LogP contribution in [-0.2, 0) is 9.59 Å². The van der Waals surface area contributed by atoms with Crippen molar-refractivity contribution in [3.8, 4) is 0 Å². The van der Waals surface area contributed by atoms with Gasteiger partial charge in [-0.1, -0.05) is 5.16 Å². The molecule has 0 saturated heterocycles. The largest absolute Gasteiger partial charge is 0.481 e. The van der Waals surface area contributed by atoms with E-state index in [9.17, 15) is 9.59 Å². The SMILES string of the molecule is Cc1noc(C)c1C(C)NC(=O)C1CCC(C(=O)O)CC1. The van der Waals surface area contributed by atoms with E-state index in [1.54, 1.807) is 0 Å². The fourth-order valence-electron chi connectivity index (χ4n) is 3.11. The zero-order chi connectivity index (χ0) is 15.6. The van der Waals surface area contributed by atoms with Crippen molar-refractivity contribution in [2.24, 2.45) is 11.8 Å². The molecule has 116 valence electrons. The molecule has 1 aliphatic carbocycles. The second-order valence-corrected chi connectivity index (χ2v) is 5.85. The van der Waals surface area contributed by atoms with Gasteiger partial charge in [0.15, 0.2) is 0 Å². The van der Waals surface area contributed by atoms with Crippen LogP contribution in [0.5, 0.6) is 0 Å². The molecule has 1 saturated carbocycles. The minimum absolute atomic E-state index is 0.00802. The van der Waals surface area contributed by atoms with Crippen LogP contribution in [0, 0.1) is 25.7 Å². The van der Waals surface area contributed by atoms with Crippen molar-refractivity contribution in [2.75, 3.05) is 0 Å². The highest BCUT2D eigenvalue weighted by molar-refractivity contribution is 5.79. The van der Waals surface area contributed by atoms with Crippen LogP contribution >= 0.6 is 0 Å². The predicted molar refractivity (Wildman–Crippen MR) is 75.6 cm³/mol. The number of aryl methyl sites for hydroxylation is 2. The molecule has 2 N–H and O–H groups in total. The van der Waals surface area contributed by atoms with Crippen LogP contribution in [0.2, 0.25) is 0 Å². The maximum Gasteiger partial charge on any atom is 0.306 e. The molecule has 21 heavy (non-hydrogen) atoms. The normalized spacial score (nSPS) is 23.6. The summed E-state index contributed by atoms with van der Waals surface area (Å²) in [6, 6.07) is -0.152. The van der Waals surface area contributed by atoms with Crippen LogP contribution in [0.3, 0.4) is 0 Å². The molecule has 1 atom stereocenters. The van der Waals surface area contributed by atoms with Crippen LogP contribution in [0.1, 0.15) is 55.7 Å². The van der Waals surface area contributed by atoms with E-state index in [1.165, 1.54) is 0 Å². The molecular formula is C15H22N2O4. The van der Waals surface area contributed by atoms with E-state index in [0.717, 1.165) is 17.0 Å². The lowest BCUT2D eigenvalue weighted by Gasteiger charge is -2.26. The molecule has 0 spiro atoms. The number of hydrogen-bond acceptors (Lipinski definition) is 4. The summed E-state index contributed by atoms with van der Waals surface area (Å²) in [5.41, 5.74) is 1.71. The fourth-order valence-corrected chi connectivity index (χ4v) is 3.11. The number of aromatic nitrogens is 1. The average molecular weight is 294 g/mol. The molecule has 1 unspecified atom stereocenters. The molecule has 2 rings (SSSR count). The van der Waals surface area contributed by atoms with Crippen molar-refractivity contribution >= 4 is 11.9 Å². The standard InChI is InChI=1S/C15H22N2O4/c1-8(13-9(2)17-21-10(13)3)16-14(18)11-4-6-12(7-5-11)15(19)20/h8,11-12H,4-7H2,1-3H3,(H,16,18)(H,19,20). The molecule has 1 heterocycles. The van der Waals surface area contributed by atoms with E-state index in [0.29, 0.717) is 25.7 Å². The van der Waals surface area contributed by atoms with Crippen LogP contribution in [0.15, 0.2) is 4.52 Å². The molecule has 1 aromatic heterocycles. The summed E-state index contributed by atoms with van der Waals surface area (Å²) in [4.78, 5) is 23.2. The highest BCUT2D eigenvalue weighted by Gasteiger charge is 2.30. The van der Waals surface area contributed by atoms with E-state index in [-0.39, 0.29) is 23.8 Å². The first-order valence-electron chi connectivity index (χ1n) is 7.36. The number of hydrogen-bond donors (Lipinski definition) is 2. The minimum Gasteiger partial charge on any atom is -0.481 e. The summed E-state index contributed by atoms with van der Waals surface area (Å²) >= 11 is 0. The van der Waals surface area contributed by atoms with E-state index >= 15 is 0 Å². The van der Waals surface area contributed by atoms with E-state index < -0.39 is 5.97 Å².